The molecule has 0 atom stereocenters. The van der Waals surface area contributed by atoms with Crippen LogP contribution in [0.3, 0.4) is 0 Å². The summed E-state index contributed by atoms with van der Waals surface area (Å²) in [6, 6.07) is 14.4. The van der Waals surface area contributed by atoms with Crippen molar-refractivity contribution in [3.05, 3.63) is 71.5 Å². The number of halogens is 1. The Labute approximate surface area is 137 Å². The second-order valence-electron chi connectivity index (χ2n) is 4.71. The molecule has 5 nitrogen and oxygen atoms in total. The first-order valence-electron chi connectivity index (χ1n) is 6.78. The van der Waals surface area contributed by atoms with Gasteiger partial charge in [-0.15, -0.1) is 0 Å². The average Bonchev–Trinajstić information content (AvgIpc) is 2.58. The van der Waals surface area contributed by atoms with E-state index >= 15 is 0 Å². The van der Waals surface area contributed by atoms with E-state index in [0.717, 1.165) is 11.3 Å². The summed E-state index contributed by atoms with van der Waals surface area (Å²) in [6.07, 6.45) is 3.13. The lowest BCUT2D eigenvalue weighted by molar-refractivity contribution is 0.0997. The molecule has 0 aliphatic carbocycles. The molecule has 0 saturated carbocycles. The van der Waals surface area contributed by atoms with Gasteiger partial charge in [0.1, 0.15) is 11.3 Å². The molecule has 0 aliphatic rings. The van der Waals surface area contributed by atoms with Crippen molar-refractivity contribution in [1.82, 2.24) is 9.97 Å². The molecule has 114 valence electrons. The Kier molecular flexibility index (Phi) is 4.21. The Morgan fingerprint density at radius 1 is 1.09 bits per heavy atom. The standard InChI is InChI=1S/C17H12ClN3O2/c18-12-9-14(16(19)22)17(21-10-12)23-13-6-4-11(5-7-13)15-3-1-2-8-20-15/h1-10H,(H2,19,22). The molecule has 2 N–H and O–H groups in total. The van der Waals surface area contributed by atoms with E-state index < -0.39 is 5.91 Å². The Balaban J connectivity index is 1.86. The number of primary amides is 1. The van der Waals surface area contributed by atoms with Gasteiger partial charge in [0.05, 0.1) is 10.7 Å². The number of rotatable bonds is 4. The molecular formula is C17H12ClN3O2. The zero-order chi connectivity index (χ0) is 16.2. The molecule has 0 fully saturated rings. The zero-order valence-electron chi connectivity index (χ0n) is 11.9. The second kappa shape index (κ2) is 6.46. The lowest BCUT2D eigenvalue weighted by Crippen LogP contribution is -2.13. The number of hydrogen-bond acceptors (Lipinski definition) is 4. The third-order valence-electron chi connectivity index (χ3n) is 3.11. The molecule has 0 bridgehead atoms. The molecule has 2 heterocycles. The molecule has 0 saturated heterocycles. The smallest absolute Gasteiger partial charge is 0.254 e. The van der Waals surface area contributed by atoms with E-state index in [1.54, 1.807) is 18.3 Å². The van der Waals surface area contributed by atoms with Crippen molar-refractivity contribution in [2.24, 2.45) is 5.73 Å². The van der Waals surface area contributed by atoms with Gasteiger partial charge >= 0.3 is 0 Å². The number of amides is 1. The summed E-state index contributed by atoms with van der Waals surface area (Å²) in [4.78, 5) is 19.7. The van der Waals surface area contributed by atoms with E-state index in [4.69, 9.17) is 22.1 Å². The minimum Gasteiger partial charge on any atom is -0.438 e. The summed E-state index contributed by atoms with van der Waals surface area (Å²) in [7, 11) is 0. The fourth-order valence-corrected chi connectivity index (χ4v) is 2.18. The lowest BCUT2D eigenvalue weighted by Gasteiger charge is -2.09. The highest BCUT2D eigenvalue weighted by Crippen LogP contribution is 2.27. The highest BCUT2D eigenvalue weighted by Gasteiger charge is 2.13. The van der Waals surface area contributed by atoms with E-state index in [0.29, 0.717) is 10.8 Å². The highest BCUT2D eigenvalue weighted by molar-refractivity contribution is 6.30. The maximum absolute atomic E-state index is 11.4. The number of nitrogens with zero attached hydrogens (tertiary/aromatic N) is 2. The molecule has 3 rings (SSSR count). The Morgan fingerprint density at radius 3 is 2.52 bits per heavy atom. The molecular weight excluding hydrogens is 314 g/mol. The number of hydrogen-bond donors (Lipinski definition) is 1. The van der Waals surface area contributed by atoms with Crippen LogP contribution in [0, 0.1) is 0 Å². The topological polar surface area (TPSA) is 78.1 Å². The van der Waals surface area contributed by atoms with Crippen molar-refractivity contribution in [2.75, 3.05) is 0 Å². The van der Waals surface area contributed by atoms with Gasteiger partial charge in [0, 0.05) is 18.0 Å². The Hall–Kier alpha value is -2.92. The van der Waals surface area contributed by atoms with Crippen LogP contribution in [0.5, 0.6) is 11.6 Å². The maximum Gasteiger partial charge on any atom is 0.254 e. The first-order chi connectivity index (χ1) is 11.1. The molecule has 0 unspecified atom stereocenters. The third kappa shape index (κ3) is 3.46. The minimum atomic E-state index is -0.653. The predicted molar refractivity (Wildman–Crippen MR) is 87.5 cm³/mol. The molecule has 1 aromatic carbocycles. The van der Waals surface area contributed by atoms with E-state index in [-0.39, 0.29) is 11.4 Å². The number of carbonyl (C=O) groups excluding carboxylic acids is 1. The molecule has 6 heteroatoms. The predicted octanol–water partition coefficient (Wildman–Crippen LogP) is 3.69. The van der Waals surface area contributed by atoms with Crippen LogP contribution < -0.4 is 10.5 Å². The number of nitrogens with two attached hydrogens (primary N) is 1. The van der Waals surface area contributed by atoms with Crippen molar-refractivity contribution in [2.45, 2.75) is 0 Å². The highest BCUT2D eigenvalue weighted by atomic mass is 35.5. The number of carbonyl (C=O) groups is 1. The summed E-state index contributed by atoms with van der Waals surface area (Å²) in [5.41, 5.74) is 7.26. The van der Waals surface area contributed by atoms with Gasteiger partial charge in [-0.1, -0.05) is 17.7 Å². The lowest BCUT2D eigenvalue weighted by atomic mass is 10.1. The molecule has 3 aromatic rings. The second-order valence-corrected chi connectivity index (χ2v) is 5.15. The third-order valence-corrected chi connectivity index (χ3v) is 3.32. The van der Waals surface area contributed by atoms with Gasteiger partial charge in [0.25, 0.3) is 5.91 Å². The maximum atomic E-state index is 11.4. The van der Waals surface area contributed by atoms with Gasteiger partial charge in [-0.2, -0.15) is 0 Å². The van der Waals surface area contributed by atoms with Crippen LogP contribution in [-0.2, 0) is 0 Å². The monoisotopic (exact) mass is 325 g/mol. The van der Waals surface area contributed by atoms with Crippen LogP contribution in [0.4, 0.5) is 0 Å². The molecule has 0 radical (unpaired) electrons. The zero-order valence-corrected chi connectivity index (χ0v) is 12.7. The fraction of sp³-hybridized carbons (Fsp3) is 0. The van der Waals surface area contributed by atoms with Gasteiger partial charge in [-0.05, 0) is 42.5 Å². The van der Waals surface area contributed by atoms with E-state index in [2.05, 4.69) is 9.97 Å². The van der Waals surface area contributed by atoms with Crippen LogP contribution >= 0.6 is 11.6 Å². The first kappa shape index (κ1) is 15.0. The van der Waals surface area contributed by atoms with Crippen molar-refractivity contribution in [1.29, 1.82) is 0 Å². The number of ether oxygens (including phenoxy) is 1. The number of aromatic nitrogens is 2. The summed E-state index contributed by atoms with van der Waals surface area (Å²) in [5, 5.41) is 0.316. The normalized spacial score (nSPS) is 10.3. The number of pyridine rings is 2. The summed E-state index contributed by atoms with van der Waals surface area (Å²) < 4.78 is 5.63. The van der Waals surface area contributed by atoms with E-state index in [9.17, 15) is 4.79 Å². The van der Waals surface area contributed by atoms with Gasteiger partial charge < -0.3 is 10.5 Å². The van der Waals surface area contributed by atoms with E-state index in [1.807, 2.05) is 30.3 Å². The van der Waals surface area contributed by atoms with E-state index in [1.165, 1.54) is 12.3 Å². The van der Waals surface area contributed by atoms with Crippen molar-refractivity contribution in [3.8, 4) is 22.9 Å². The van der Waals surface area contributed by atoms with Crippen LogP contribution in [-0.4, -0.2) is 15.9 Å². The quantitative estimate of drug-likeness (QED) is 0.793. The molecule has 0 aliphatic heterocycles. The summed E-state index contributed by atoms with van der Waals surface area (Å²) >= 11 is 5.82. The SMILES string of the molecule is NC(=O)c1cc(Cl)cnc1Oc1ccc(-c2ccccn2)cc1. The largest absolute Gasteiger partial charge is 0.438 e. The summed E-state index contributed by atoms with van der Waals surface area (Å²) in [5.74, 6) is -0.00500. The van der Waals surface area contributed by atoms with Crippen LogP contribution in [0.25, 0.3) is 11.3 Å². The van der Waals surface area contributed by atoms with Crippen molar-refractivity contribution in [3.63, 3.8) is 0 Å². The molecule has 23 heavy (non-hydrogen) atoms. The van der Waals surface area contributed by atoms with Gasteiger partial charge in [0.15, 0.2) is 0 Å². The van der Waals surface area contributed by atoms with Gasteiger partial charge in [-0.25, -0.2) is 4.98 Å². The Morgan fingerprint density at radius 2 is 1.87 bits per heavy atom. The fourth-order valence-electron chi connectivity index (χ4n) is 2.02. The first-order valence-corrected chi connectivity index (χ1v) is 7.16. The Bertz CT molecular complexity index is 836. The van der Waals surface area contributed by atoms with Crippen molar-refractivity contribution < 1.29 is 9.53 Å². The molecule has 0 spiro atoms. The molecule has 2 aromatic heterocycles. The van der Waals surface area contributed by atoms with Gasteiger partial charge in [0.2, 0.25) is 5.88 Å². The summed E-state index contributed by atoms with van der Waals surface area (Å²) in [6.45, 7) is 0. The van der Waals surface area contributed by atoms with Gasteiger partial charge in [-0.3, -0.25) is 9.78 Å². The van der Waals surface area contributed by atoms with Crippen LogP contribution in [0.2, 0.25) is 5.02 Å². The minimum absolute atomic E-state index is 0.118. The average molecular weight is 326 g/mol. The van der Waals surface area contributed by atoms with Crippen molar-refractivity contribution >= 4 is 17.5 Å². The molecule has 1 amide bonds. The number of benzene rings is 1. The van der Waals surface area contributed by atoms with Crippen LogP contribution in [0.15, 0.2) is 60.9 Å². The van der Waals surface area contributed by atoms with Crippen LogP contribution in [0.1, 0.15) is 10.4 Å².